The highest BCUT2D eigenvalue weighted by atomic mass is 32.2. The van der Waals surface area contributed by atoms with Crippen molar-refractivity contribution in [2.24, 2.45) is 5.92 Å². The fraction of sp³-hybridized carbons (Fsp3) is 0.500. The maximum Gasteiger partial charge on any atom is 0.259 e. The van der Waals surface area contributed by atoms with Gasteiger partial charge in [-0.1, -0.05) is 43.4 Å². The number of thioether (sulfide) groups is 1. The van der Waals surface area contributed by atoms with Gasteiger partial charge in [-0.2, -0.15) is 0 Å². The van der Waals surface area contributed by atoms with Crippen LogP contribution in [0.5, 0.6) is 0 Å². The van der Waals surface area contributed by atoms with Gasteiger partial charge in [0.2, 0.25) is 5.13 Å². The largest absolute Gasteiger partial charge is 0.363 e. The fourth-order valence-corrected chi connectivity index (χ4v) is 5.17. The Kier molecular flexibility index (Phi) is 5.75. The molecular weight excluding hydrogens is 374 g/mol. The third-order valence-corrected chi connectivity index (χ3v) is 7.24. The quantitative estimate of drug-likeness (QED) is 0.587. The van der Waals surface area contributed by atoms with E-state index in [0.29, 0.717) is 17.5 Å². The number of thiophene rings is 1. The minimum absolute atomic E-state index is 0.0311. The average molecular weight is 396 g/mol. The molecule has 3 rings (SSSR count). The summed E-state index contributed by atoms with van der Waals surface area (Å²) in [5.41, 5.74) is 1.13. The summed E-state index contributed by atoms with van der Waals surface area (Å²) in [5.74, 6) is 1.81. The highest BCUT2D eigenvalue weighted by Crippen LogP contribution is 2.31. The first kappa shape index (κ1) is 18.3. The summed E-state index contributed by atoms with van der Waals surface area (Å²) in [5, 5.41) is 12.6. The number of aromatic nitrogens is 4. The minimum Gasteiger partial charge on any atom is -0.363 e. The van der Waals surface area contributed by atoms with Gasteiger partial charge in [-0.3, -0.25) is 4.79 Å². The van der Waals surface area contributed by atoms with Crippen LogP contribution in [0.1, 0.15) is 36.5 Å². The van der Waals surface area contributed by atoms with Crippen LogP contribution in [0.2, 0.25) is 0 Å². The summed E-state index contributed by atoms with van der Waals surface area (Å²) in [7, 11) is 1.82. The highest BCUT2D eigenvalue weighted by Gasteiger charge is 2.17. The lowest BCUT2D eigenvalue weighted by Crippen LogP contribution is -2.12. The van der Waals surface area contributed by atoms with Crippen molar-refractivity contribution in [1.82, 2.24) is 20.2 Å². The molecule has 25 heavy (non-hydrogen) atoms. The summed E-state index contributed by atoms with van der Waals surface area (Å²) >= 11 is 4.63. The summed E-state index contributed by atoms with van der Waals surface area (Å²) < 4.78 is 0.854. The average Bonchev–Trinajstić information content (AvgIpc) is 3.17. The summed E-state index contributed by atoms with van der Waals surface area (Å²) in [6.45, 7) is 6.48. The van der Waals surface area contributed by atoms with Crippen molar-refractivity contribution in [3.05, 3.63) is 26.6 Å². The lowest BCUT2D eigenvalue weighted by atomic mass is 9.98. The SMILES string of the molecule is CC[C@@H](C)Cc1c(C)sc2nc(CSc3nnc(NC)s3)[nH]c(=O)c12. The van der Waals surface area contributed by atoms with E-state index in [2.05, 4.69) is 46.3 Å². The molecule has 0 aliphatic rings. The second kappa shape index (κ2) is 7.84. The van der Waals surface area contributed by atoms with Crippen molar-refractivity contribution in [2.75, 3.05) is 12.4 Å². The Labute approximate surface area is 158 Å². The molecule has 0 aliphatic heterocycles. The molecule has 0 amide bonds. The fourth-order valence-electron chi connectivity index (χ4n) is 2.53. The van der Waals surface area contributed by atoms with Crippen LogP contribution < -0.4 is 10.9 Å². The molecule has 0 unspecified atom stereocenters. The maximum atomic E-state index is 12.6. The molecule has 3 heterocycles. The van der Waals surface area contributed by atoms with Crippen molar-refractivity contribution >= 4 is 49.8 Å². The number of aromatic amines is 1. The molecule has 2 N–H and O–H groups in total. The van der Waals surface area contributed by atoms with E-state index in [9.17, 15) is 4.79 Å². The molecule has 0 radical (unpaired) electrons. The van der Waals surface area contributed by atoms with Gasteiger partial charge in [-0.25, -0.2) is 4.98 Å². The minimum atomic E-state index is -0.0311. The standard InChI is InChI=1S/C16H21N5OS3/c1-5-8(2)6-10-9(3)24-14-12(10)13(22)18-11(19-14)7-23-16-21-20-15(17-4)25-16/h8H,5-7H2,1-4H3,(H,17,20)(H,18,19,22)/t8-/m1/s1. The molecule has 0 bridgehead atoms. The zero-order valence-electron chi connectivity index (χ0n) is 14.7. The Morgan fingerprint density at radius 3 is 2.80 bits per heavy atom. The molecule has 0 saturated carbocycles. The van der Waals surface area contributed by atoms with E-state index in [4.69, 9.17) is 0 Å². The Morgan fingerprint density at radius 1 is 1.32 bits per heavy atom. The normalized spacial score (nSPS) is 12.6. The summed E-state index contributed by atoms with van der Waals surface area (Å²) in [6.07, 6.45) is 2.03. The molecule has 6 nitrogen and oxygen atoms in total. The van der Waals surface area contributed by atoms with Crippen LogP contribution >= 0.6 is 34.4 Å². The third-order valence-electron chi connectivity index (χ3n) is 4.11. The van der Waals surface area contributed by atoms with E-state index < -0.39 is 0 Å². The van der Waals surface area contributed by atoms with Gasteiger partial charge in [0.1, 0.15) is 10.7 Å². The first-order valence-corrected chi connectivity index (χ1v) is 10.8. The molecule has 0 fully saturated rings. The number of H-pyrrole nitrogens is 1. The molecule has 1 atom stereocenters. The monoisotopic (exact) mass is 395 g/mol. The molecule has 3 aromatic heterocycles. The Balaban J connectivity index is 1.85. The van der Waals surface area contributed by atoms with Crippen molar-refractivity contribution < 1.29 is 0 Å². The molecule has 9 heteroatoms. The van der Waals surface area contributed by atoms with Crippen LogP contribution in [0, 0.1) is 12.8 Å². The molecule has 3 aromatic rings. The second-order valence-corrected chi connectivity index (χ2v) is 9.36. The zero-order chi connectivity index (χ0) is 18.0. The van der Waals surface area contributed by atoms with E-state index in [0.717, 1.165) is 38.1 Å². The number of anilines is 1. The van der Waals surface area contributed by atoms with Crippen LogP contribution in [-0.2, 0) is 12.2 Å². The smallest absolute Gasteiger partial charge is 0.259 e. The van der Waals surface area contributed by atoms with Gasteiger partial charge in [0, 0.05) is 11.9 Å². The van der Waals surface area contributed by atoms with E-state index >= 15 is 0 Å². The maximum absolute atomic E-state index is 12.6. The lowest BCUT2D eigenvalue weighted by molar-refractivity contribution is 0.561. The lowest BCUT2D eigenvalue weighted by Gasteiger charge is -2.08. The Hall–Kier alpha value is -1.45. The Bertz CT molecular complexity index is 930. The first-order valence-electron chi connectivity index (χ1n) is 8.17. The summed E-state index contributed by atoms with van der Waals surface area (Å²) in [4.78, 5) is 22.3. The topological polar surface area (TPSA) is 83.6 Å². The number of aryl methyl sites for hydroxylation is 1. The number of rotatable bonds is 7. The predicted octanol–water partition coefficient (Wildman–Crippen LogP) is 4.07. The van der Waals surface area contributed by atoms with E-state index in [1.165, 1.54) is 28.0 Å². The van der Waals surface area contributed by atoms with E-state index in [1.54, 1.807) is 11.3 Å². The van der Waals surface area contributed by atoms with E-state index in [-0.39, 0.29) is 5.56 Å². The predicted molar refractivity (Wildman–Crippen MR) is 107 cm³/mol. The van der Waals surface area contributed by atoms with E-state index in [1.807, 2.05) is 7.05 Å². The van der Waals surface area contributed by atoms with Gasteiger partial charge in [-0.05, 0) is 24.8 Å². The molecule has 0 aromatic carbocycles. The second-order valence-electron chi connectivity index (χ2n) is 5.96. The zero-order valence-corrected chi connectivity index (χ0v) is 17.1. The first-order chi connectivity index (χ1) is 12.0. The molecule has 0 saturated heterocycles. The van der Waals surface area contributed by atoms with Gasteiger partial charge in [0.05, 0.1) is 11.1 Å². The van der Waals surface area contributed by atoms with Crippen LogP contribution in [0.15, 0.2) is 9.13 Å². The number of fused-ring (bicyclic) bond motifs is 1. The molecule has 0 aliphatic carbocycles. The van der Waals surface area contributed by atoms with Crippen LogP contribution in [-0.4, -0.2) is 27.2 Å². The number of nitrogens with one attached hydrogen (secondary N) is 2. The van der Waals surface area contributed by atoms with Crippen molar-refractivity contribution in [3.63, 3.8) is 0 Å². The molecular formula is C16H21N5OS3. The van der Waals surface area contributed by atoms with Gasteiger partial charge in [0.25, 0.3) is 5.56 Å². The number of hydrogen-bond acceptors (Lipinski definition) is 8. The van der Waals surface area contributed by atoms with Crippen molar-refractivity contribution in [3.8, 4) is 0 Å². The van der Waals surface area contributed by atoms with Gasteiger partial charge >= 0.3 is 0 Å². The van der Waals surface area contributed by atoms with Gasteiger partial charge < -0.3 is 10.3 Å². The van der Waals surface area contributed by atoms with Crippen LogP contribution in [0.25, 0.3) is 10.2 Å². The Morgan fingerprint density at radius 2 is 2.12 bits per heavy atom. The van der Waals surface area contributed by atoms with Crippen LogP contribution in [0.3, 0.4) is 0 Å². The summed E-state index contributed by atoms with van der Waals surface area (Å²) in [6, 6.07) is 0. The molecule has 0 spiro atoms. The number of nitrogens with zero attached hydrogens (tertiary/aromatic N) is 3. The van der Waals surface area contributed by atoms with Gasteiger partial charge in [-0.15, -0.1) is 21.5 Å². The molecule has 134 valence electrons. The van der Waals surface area contributed by atoms with Crippen molar-refractivity contribution in [2.45, 2.75) is 43.7 Å². The third kappa shape index (κ3) is 4.04. The highest BCUT2D eigenvalue weighted by molar-refractivity contribution is 8.00. The van der Waals surface area contributed by atoms with Crippen molar-refractivity contribution in [1.29, 1.82) is 0 Å². The van der Waals surface area contributed by atoms with Crippen LogP contribution in [0.4, 0.5) is 5.13 Å². The van der Waals surface area contributed by atoms with Gasteiger partial charge in [0.15, 0.2) is 4.34 Å². The number of hydrogen-bond donors (Lipinski definition) is 2.